The number of carbonyl (C=O) groups is 4. The Morgan fingerprint density at radius 1 is 0.765 bits per heavy atom. The Labute approximate surface area is 296 Å². The number of alkyl halides is 2. The first kappa shape index (κ1) is 39.4. The van der Waals surface area contributed by atoms with E-state index in [2.05, 4.69) is 16.9 Å². The quantitative estimate of drug-likeness (QED) is 0.288. The molecule has 0 bridgehead atoms. The topological polar surface area (TPSA) is 156 Å². The molecule has 3 amide bonds. The molecule has 51 heavy (non-hydrogen) atoms. The van der Waals surface area contributed by atoms with Crippen molar-refractivity contribution in [3.63, 3.8) is 0 Å². The molecule has 3 N–H and O–H groups in total. The summed E-state index contributed by atoms with van der Waals surface area (Å²) < 4.78 is 72.2. The lowest BCUT2D eigenvalue weighted by atomic mass is 10.2. The van der Waals surface area contributed by atoms with E-state index in [4.69, 9.17) is 24.7 Å². The largest absolute Gasteiger partial charge is 0.443 e. The lowest BCUT2D eigenvalue weighted by Crippen LogP contribution is -2.37. The Balaban J connectivity index is 0.000000204. The van der Waals surface area contributed by atoms with Gasteiger partial charge in [-0.05, 0) is 48.0 Å². The number of hydrogen-bond donors (Lipinski definition) is 2. The highest BCUT2D eigenvalue weighted by molar-refractivity contribution is 6.63. The maximum Gasteiger partial charge on any atom is 0.414 e. The number of nitrogens with two attached hydrogens (primary N) is 1. The van der Waals surface area contributed by atoms with Crippen LogP contribution in [0.15, 0.2) is 36.4 Å². The summed E-state index contributed by atoms with van der Waals surface area (Å²) in [4.78, 5) is 50.4. The van der Waals surface area contributed by atoms with Crippen LogP contribution < -0.4 is 30.7 Å². The SMILES string of the molecule is NC[C@H]1CN(c2ccc(N3CCOCC3)c(F)c2)C(=O)O1.O=C(CF)NC[C@H]1CN(c2ccc(N3CCOCC3)c(F)c2)C(=O)O1.O=C(Cl)CF. The molecule has 14 nitrogen and oxygen atoms in total. The number of nitrogens with zero attached hydrogens (tertiary/aromatic N) is 4. The zero-order valence-electron chi connectivity index (χ0n) is 27.5. The molecule has 4 fully saturated rings. The summed E-state index contributed by atoms with van der Waals surface area (Å²) in [6, 6.07) is 9.35. The average Bonchev–Trinajstić information content (AvgIpc) is 3.72. The number of ether oxygens (including phenoxy) is 4. The van der Waals surface area contributed by atoms with E-state index in [1.807, 2.05) is 9.80 Å². The first-order chi connectivity index (χ1) is 24.5. The van der Waals surface area contributed by atoms with Crippen LogP contribution >= 0.6 is 11.6 Å². The van der Waals surface area contributed by atoms with Crippen molar-refractivity contribution in [2.75, 3.05) is 112 Å². The van der Waals surface area contributed by atoms with Crippen molar-refractivity contribution in [3.05, 3.63) is 48.0 Å². The van der Waals surface area contributed by atoms with Gasteiger partial charge in [0.15, 0.2) is 13.3 Å². The third-order valence-corrected chi connectivity index (χ3v) is 8.05. The second kappa shape index (κ2) is 19.3. The maximum atomic E-state index is 14.5. The minimum Gasteiger partial charge on any atom is -0.443 e. The van der Waals surface area contributed by atoms with Crippen molar-refractivity contribution in [1.29, 1.82) is 0 Å². The number of cyclic esters (lactones) is 2. The second-order valence-corrected chi connectivity index (χ2v) is 11.8. The number of anilines is 4. The lowest BCUT2D eigenvalue weighted by molar-refractivity contribution is -0.122. The smallest absolute Gasteiger partial charge is 0.414 e. The summed E-state index contributed by atoms with van der Waals surface area (Å²) in [5.41, 5.74) is 7.35. The monoisotopic (exact) mass is 746 g/mol. The number of amides is 3. The van der Waals surface area contributed by atoms with Gasteiger partial charge in [0.1, 0.15) is 23.8 Å². The normalized spacial score (nSPS) is 20.1. The van der Waals surface area contributed by atoms with Gasteiger partial charge in [0.2, 0.25) is 0 Å². The van der Waals surface area contributed by atoms with E-state index in [-0.39, 0.29) is 31.6 Å². The van der Waals surface area contributed by atoms with Crippen LogP contribution in [-0.2, 0) is 28.5 Å². The highest BCUT2D eigenvalue weighted by atomic mass is 35.5. The van der Waals surface area contributed by atoms with Gasteiger partial charge in [0.25, 0.3) is 11.1 Å². The first-order valence-electron chi connectivity index (χ1n) is 16.0. The van der Waals surface area contributed by atoms with Crippen LogP contribution in [0.4, 0.5) is 49.9 Å². The summed E-state index contributed by atoms with van der Waals surface area (Å²) in [5, 5.41) is 1.38. The molecule has 0 saturated carbocycles. The second-order valence-electron chi connectivity index (χ2n) is 11.4. The van der Waals surface area contributed by atoms with Gasteiger partial charge >= 0.3 is 12.2 Å². The number of rotatable bonds is 9. The van der Waals surface area contributed by atoms with Crippen LogP contribution in [0.1, 0.15) is 0 Å². The van der Waals surface area contributed by atoms with E-state index in [1.54, 1.807) is 24.3 Å². The van der Waals surface area contributed by atoms with Gasteiger partial charge in [-0.1, -0.05) is 0 Å². The van der Waals surface area contributed by atoms with Gasteiger partial charge in [-0.2, -0.15) is 0 Å². The third-order valence-electron chi connectivity index (χ3n) is 7.95. The van der Waals surface area contributed by atoms with Crippen LogP contribution in [0.5, 0.6) is 0 Å². The van der Waals surface area contributed by atoms with E-state index in [1.165, 1.54) is 21.9 Å². The standard InChI is InChI=1S/C16H19F2N3O4.C14H18FN3O3.C2H2ClFO/c17-8-15(22)19-9-12-10-21(16(23)25-12)11-1-2-14(13(18)7-11)20-3-5-24-6-4-20;15-12-7-10(18-9-11(8-16)21-14(18)19)1-2-13(12)17-3-5-20-6-4-17;3-2(5)1-4/h1-2,7,12H,3-6,8-10H2,(H,19,22);1-2,7,11H,3-6,8-9,16H2;1H2/t12-;11-;/m00./s1. The van der Waals surface area contributed by atoms with Gasteiger partial charge < -0.3 is 39.8 Å². The van der Waals surface area contributed by atoms with Crippen molar-refractivity contribution in [3.8, 4) is 0 Å². The molecule has 0 aromatic heterocycles. The molecule has 2 atom stereocenters. The molecule has 2 aromatic carbocycles. The zero-order chi connectivity index (χ0) is 36.9. The van der Waals surface area contributed by atoms with Crippen LogP contribution in [0, 0.1) is 11.6 Å². The van der Waals surface area contributed by atoms with Crippen LogP contribution in [-0.4, -0.2) is 128 Å². The Morgan fingerprint density at radius 3 is 1.57 bits per heavy atom. The van der Waals surface area contributed by atoms with E-state index in [0.717, 1.165) is 0 Å². The first-order valence-corrected chi connectivity index (χ1v) is 16.4. The fourth-order valence-electron chi connectivity index (χ4n) is 5.42. The van der Waals surface area contributed by atoms with Crippen molar-refractivity contribution in [2.45, 2.75) is 12.2 Å². The highest BCUT2D eigenvalue weighted by Gasteiger charge is 2.34. The van der Waals surface area contributed by atoms with Crippen LogP contribution in [0.3, 0.4) is 0 Å². The minimum atomic E-state index is -1.13. The summed E-state index contributed by atoms with van der Waals surface area (Å²) in [6.45, 7) is 3.42. The molecule has 6 rings (SSSR count). The summed E-state index contributed by atoms with van der Waals surface area (Å²) in [7, 11) is 0. The predicted molar refractivity (Wildman–Crippen MR) is 179 cm³/mol. The Hall–Kier alpha value is -4.39. The Bertz CT molecular complexity index is 1520. The van der Waals surface area contributed by atoms with Gasteiger partial charge in [-0.3, -0.25) is 19.4 Å². The minimum absolute atomic E-state index is 0.0132. The van der Waals surface area contributed by atoms with Crippen molar-refractivity contribution >= 4 is 57.7 Å². The third kappa shape index (κ3) is 11.0. The van der Waals surface area contributed by atoms with Gasteiger partial charge in [0, 0.05) is 32.7 Å². The van der Waals surface area contributed by atoms with Crippen molar-refractivity contribution < 1.29 is 55.7 Å². The fraction of sp³-hybridized carbons (Fsp3) is 0.500. The molecular formula is C32H39ClF4N6O8. The molecule has 4 saturated heterocycles. The molecule has 4 aliphatic rings. The van der Waals surface area contributed by atoms with E-state index >= 15 is 0 Å². The van der Waals surface area contributed by atoms with Crippen molar-refractivity contribution in [2.24, 2.45) is 5.73 Å². The number of carbonyl (C=O) groups excluding carboxylic acids is 4. The number of halogens is 5. The van der Waals surface area contributed by atoms with Crippen LogP contribution in [0.2, 0.25) is 0 Å². The van der Waals surface area contributed by atoms with Gasteiger partial charge in [0.05, 0.1) is 68.8 Å². The van der Waals surface area contributed by atoms with Crippen LogP contribution in [0.25, 0.3) is 0 Å². The molecule has 4 heterocycles. The number of morpholine rings is 2. The number of nitrogens with one attached hydrogen (secondary N) is 1. The summed E-state index contributed by atoms with van der Waals surface area (Å²) >= 11 is 4.45. The predicted octanol–water partition coefficient (Wildman–Crippen LogP) is 2.74. The molecular weight excluding hydrogens is 708 g/mol. The van der Waals surface area contributed by atoms with Crippen molar-refractivity contribution in [1.82, 2.24) is 5.32 Å². The molecule has 4 aliphatic heterocycles. The average molecular weight is 747 g/mol. The maximum absolute atomic E-state index is 14.5. The highest BCUT2D eigenvalue weighted by Crippen LogP contribution is 2.29. The van der Waals surface area contributed by atoms with Gasteiger partial charge in [-0.25, -0.2) is 27.2 Å². The molecule has 0 spiro atoms. The van der Waals surface area contributed by atoms with Gasteiger partial charge in [-0.15, -0.1) is 0 Å². The lowest BCUT2D eigenvalue weighted by Gasteiger charge is -2.29. The molecule has 0 unspecified atom stereocenters. The molecule has 19 heteroatoms. The molecule has 280 valence electrons. The molecule has 2 aromatic rings. The summed E-state index contributed by atoms with van der Waals surface area (Å²) in [6.07, 6.45) is -2.05. The molecule has 0 aliphatic carbocycles. The van der Waals surface area contributed by atoms with E-state index < -0.39 is 48.6 Å². The van der Waals surface area contributed by atoms with E-state index in [9.17, 15) is 36.7 Å². The number of hydrogen-bond acceptors (Lipinski definition) is 11. The summed E-state index contributed by atoms with van der Waals surface area (Å²) in [5.74, 6) is -1.55. The Kier molecular flexibility index (Phi) is 14.9. The fourth-order valence-corrected chi connectivity index (χ4v) is 5.42. The van der Waals surface area contributed by atoms with E-state index in [0.29, 0.717) is 81.9 Å². The molecule has 0 radical (unpaired) electrons. The Morgan fingerprint density at radius 2 is 1.20 bits per heavy atom. The zero-order valence-corrected chi connectivity index (χ0v) is 28.3. The number of benzene rings is 2.